The van der Waals surface area contributed by atoms with Gasteiger partial charge in [-0.3, -0.25) is 4.79 Å². The molecule has 1 aromatic carbocycles. The van der Waals surface area contributed by atoms with E-state index in [2.05, 4.69) is 23.5 Å². The van der Waals surface area contributed by atoms with Crippen molar-refractivity contribution in [1.29, 1.82) is 0 Å². The zero-order valence-corrected chi connectivity index (χ0v) is 19.5. The number of fused-ring (bicyclic) bond motifs is 1. The molecule has 0 bridgehead atoms. The van der Waals surface area contributed by atoms with Crippen molar-refractivity contribution in [3.63, 3.8) is 0 Å². The molecule has 1 fully saturated rings. The van der Waals surface area contributed by atoms with E-state index in [9.17, 15) is 9.59 Å². The van der Waals surface area contributed by atoms with Crippen molar-refractivity contribution in [2.75, 3.05) is 0 Å². The van der Waals surface area contributed by atoms with Crippen LogP contribution in [0.3, 0.4) is 0 Å². The zero-order chi connectivity index (χ0) is 22.3. The summed E-state index contributed by atoms with van der Waals surface area (Å²) in [5.74, 6) is -0.354. The minimum atomic E-state index is -0.381. The molecule has 2 heterocycles. The molecule has 1 aliphatic carbocycles. The fourth-order valence-corrected chi connectivity index (χ4v) is 4.89. The fraction of sp³-hybridized carbons (Fsp3) is 0.458. The summed E-state index contributed by atoms with van der Waals surface area (Å²) in [6.45, 7) is 9.64. The van der Waals surface area contributed by atoms with Crippen molar-refractivity contribution in [2.45, 2.75) is 72.1 Å². The van der Waals surface area contributed by atoms with Crippen LogP contribution in [0, 0.1) is 13.8 Å². The Morgan fingerprint density at radius 2 is 2.00 bits per heavy atom. The standard InChI is InChI=1S/C24H29N3O3S/c1-13(2)30-23(29)21-16(5)25-24-27(22(21)19-10-14(3)6-7-15(19)4)18(12-31-24)11-20(28)26-17-8-9-17/h6-7,10,12-13,17,22H,8-9,11H2,1-5H3,(H,26,28). The normalized spacial score (nSPS) is 20.5. The Morgan fingerprint density at radius 1 is 1.26 bits per heavy atom. The highest BCUT2D eigenvalue weighted by atomic mass is 32.2. The maximum atomic E-state index is 13.2. The van der Waals surface area contributed by atoms with E-state index in [0.29, 0.717) is 17.3 Å². The van der Waals surface area contributed by atoms with Crippen LogP contribution in [-0.2, 0) is 14.3 Å². The quantitative estimate of drug-likeness (QED) is 0.661. The first kappa shape index (κ1) is 21.7. The topological polar surface area (TPSA) is 71.0 Å². The van der Waals surface area contributed by atoms with Crippen LogP contribution < -0.4 is 5.32 Å². The molecule has 6 nitrogen and oxygen atoms in total. The number of nitrogens with zero attached hydrogens (tertiary/aromatic N) is 2. The van der Waals surface area contributed by atoms with Crippen LogP contribution in [0.1, 0.15) is 62.8 Å². The number of ether oxygens (including phenoxy) is 1. The van der Waals surface area contributed by atoms with E-state index in [4.69, 9.17) is 9.73 Å². The lowest BCUT2D eigenvalue weighted by atomic mass is 9.90. The minimum absolute atomic E-state index is 0.00731. The molecule has 4 rings (SSSR count). The summed E-state index contributed by atoms with van der Waals surface area (Å²) >= 11 is 1.50. The smallest absolute Gasteiger partial charge is 0.338 e. The molecule has 2 aliphatic heterocycles. The van der Waals surface area contributed by atoms with Crippen LogP contribution >= 0.6 is 11.8 Å². The molecule has 1 atom stereocenters. The Hall–Kier alpha value is -2.54. The van der Waals surface area contributed by atoms with Gasteiger partial charge >= 0.3 is 5.97 Å². The number of hydrogen-bond donors (Lipinski definition) is 1. The second-order valence-corrected chi connectivity index (χ2v) is 9.56. The van der Waals surface area contributed by atoms with E-state index in [1.807, 2.05) is 44.9 Å². The van der Waals surface area contributed by atoms with Gasteiger partial charge in [-0.25, -0.2) is 9.79 Å². The third-order valence-corrected chi connectivity index (χ3v) is 6.47. The van der Waals surface area contributed by atoms with E-state index in [1.54, 1.807) is 0 Å². The third kappa shape index (κ3) is 4.56. The van der Waals surface area contributed by atoms with Crippen molar-refractivity contribution < 1.29 is 14.3 Å². The highest BCUT2D eigenvalue weighted by Crippen LogP contribution is 2.45. The Balaban J connectivity index is 1.76. The molecule has 164 valence electrons. The van der Waals surface area contributed by atoms with Gasteiger partial charge in [0, 0.05) is 11.7 Å². The van der Waals surface area contributed by atoms with Gasteiger partial charge in [-0.05, 0) is 64.0 Å². The van der Waals surface area contributed by atoms with Gasteiger partial charge in [-0.1, -0.05) is 35.5 Å². The summed E-state index contributed by atoms with van der Waals surface area (Å²) in [6.07, 6.45) is 2.13. The van der Waals surface area contributed by atoms with Crippen LogP contribution in [0.25, 0.3) is 0 Å². The van der Waals surface area contributed by atoms with Crippen molar-refractivity contribution in [2.24, 2.45) is 4.99 Å². The number of nitrogens with one attached hydrogen (secondary N) is 1. The second kappa shape index (κ2) is 8.54. The van der Waals surface area contributed by atoms with Crippen molar-refractivity contribution in [1.82, 2.24) is 10.2 Å². The maximum Gasteiger partial charge on any atom is 0.338 e. The molecule has 3 aliphatic rings. The number of carbonyl (C=O) groups is 2. The molecule has 1 aromatic rings. The molecule has 1 amide bonds. The first-order chi connectivity index (χ1) is 14.7. The van der Waals surface area contributed by atoms with E-state index < -0.39 is 0 Å². The highest BCUT2D eigenvalue weighted by molar-refractivity contribution is 8.16. The average molecular weight is 440 g/mol. The fourth-order valence-electron chi connectivity index (χ4n) is 3.93. The Kier molecular flexibility index (Phi) is 5.97. The van der Waals surface area contributed by atoms with Crippen molar-refractivity contribution >= 4 is 28.8 Å². The van der Waals surface area contributed by atoms with Crippen LogP contribution in [0.4, 0.5) is 0 Å². The van der Waals surface area contributed by atoms with Gasteiger partial charge in [0.05, 0.1) is 29.8 Å². The molecule has 1 N–H and O–H groups in total. The Bertz CT molecular complexity index is 1020. The number of hydrogen-bond acceptors (Lipinski definition) is 6. The van der Waals surface area contributed by atoms with Gasteiger partial charge in [0.15, 0.2) is 5.17 Å². The molecule has 31 heavy (non-hydrogen) atoms. The lowest BCUT2D eigenvalue weighted by Crippen LogP contribution is -2.38. The van der Waals surface area contributed by atoms with Crippen LogP contribution in [0.5, 0.6) is 0 Å². The molecule has 0 aromatic heterocycles. The summed E-state index contributed by atoms with van der Waals surface area (Å²) < 4.78 is 5.61. The van der Waals surface area contributed by atoms with Crippen LogP contribution in [0.2, 0.25) is 0 Å². The van der Waals surface area contributed by atoms with E-state index >= 15 is 0 Å². The van der Waals surface area contributed by atoms with E-state index in [-0.39, 0.29) is 30.4 Å². The molecule has 7 heteroatoms. The summed E-state index contributed by atoms with van der Waals surface area (Å²) in [5, 5.41) is 5.83. The molecule has 0 spiro atoms. The average Bonchev–Trinajstić information content (AvgIpc) is 3.41. The minimum Gasteiger partial charge on any atom is -0.459 e. The SMILES string of the molecule is CC1=C(C(=O)OC(C)C)C(c2cc(C)ccc2C)N2C(CC(=O)NC3CC3)=CSC2=N1. The molecular weight excluding hydrogens is 410 g/mol. The molecule has 1 unspecified atom stereocenters. The van der Waals surface area contributed by atoms with Gasteiger partial charge in [0.2, 0.25) is 5.91 Å². The zero-order valence-electron chi connectivity index (χ0n) is 18.7. The summed E-state index contributed by atoms with van der Waals surface area (Å²) in [6, 6.07) is 6.18. The number of thioether (sulfide) groups is 1. The van der Waals surface area contributed by atoms with Crippen molar-refractivity contribution in [3.05, 3.63) is 57.3 Å². The second-order valence-electron chi connectivity index (χ2n) is 8.73. The van der Waals surface area contributed by atoms with Gasteiger partial charge in [-0.2, -0.15) is 0 Å². The Labute approximate surface area is 187 Å². The number of aryl methyl sites for hydroxylation is 2. The predicted molar refractivity (Wildman–Crippen MR) is 123 cm³/mol. The first-order valence-corrected chi connectivity index (χ1v) is 11.6. The highest BCUT2D eigenvalue weighted by Gasteiger charge is 2.42. The molecule has 0 radical (unpaired) electrons. The summed E-state index contributed by atoms with van der Waals surface area (Å²) in [5.41, 5.74) is 5.27. The number of allylic oxidation sites excluding steroid dienone is 1. The predicted octanol–water partition coefficient (Wildman–Crippen LogP) is 4.50. The molecule has 0 saturated heterocycles. The van der Waals surface area contributed by atoms with Crippen LogP contribution in [-0.4, -0.2) is 34.1 Å². The van der Waals surface area contributed by atoms with Gasteiger partial charge in [0.1, 0.15) is 0 Å². The largest absolute Gasteiger partial charge is 0.459 e. The molecule has 1 saturated carbocycles. The third-order valence-electron chi connectivity index (χ3n) is 5.58. The van der Waals surface area contributed by atoms with Gasteiger partial charge < -0.3 is 15.0 Å². The number of amidine groups is 1. The summed E-state index contributed by atoms with van der Waals surface area (Å²) in [7, 11) is 0. The number of esters is 1. The lowest BCUT2D eigenvalue weighted by Gasteiger charge is -2.37. The Morgan fingerprint density at radius 3 is 2.68 bits per heavy atom. The number of aliphatic imine (C=N–C) groups is 1. The van der Waals surface area contributed by atoms with E-state index in [0.717, 1.165) is 40.4 Å². The van der Waals surface area contributed by atoms with Crippen molar-refractivity contribution in [3.8, 4) is 0 Å². The molecular formula is C24H29N3O3S. The number of amides is 1. The number of benzene rings is 1. The number of rotatable bonds is 6. The van der Waals surface area contributed by atoms with Gasteiger partial charge in [-0.15, -0.1) is 0 Å². The summed E-state index contributed by atoms with van der Waals surface area (Å²) in [4.78, 5) is 32.5. The maximum absolute atomic E-state index is 13.2. The van der Waals surface area contributed by atoms with Gasteiger partial charge in [0.25, 0.3) is 0 Å². The van der Waals surface area contributed by atoms with E-state index in [1.165, 1.54) is 11.8 Å². The number of carbonyl (C=O) groups excluding carboxylic acids is 2. The van der Waals surface area contributed by atoms with Crippen LogP contribution in [0.15, 0.2) is 45.6 Å². The first-order valence-electron chi connectivity index (χ1n) is 10.8. The monoisotopic (exact) mass is 439 g/mol. The lowest BCUT2D eigenvalue weighted by molar-refractivity contribution is -0.143.